The molecule has 2 aromatic rings. The van der Waals surface area contributed by atoms with E-state index >= 15 is 0 Å². The summed E-state index contributed by atoms with van der Waals surface area (Å²) in [5.41, 5.74) is 5.90. The largest absolute Gasteiger partial charge is 0.493 e. The Hall–Kier alpha value is -3.62. The van der Waals surface area contributed by atoms with Crippen LogP contribution in [0.1, 0.15) is 15.9 Å². The van der Waals surface area contributed by atoms with Crippen LogP contribution in [0.15, 0.2) is 47.6 Å². The summed E-state index contributed by atoms with van der Waals surface area (Å²) in [6.45, 7) is 0. The molecule has 0 unspecified atom stereocenters. The van der Waals surface area contributed by atoms with E-state index in [4.69, 9.17) is 20.0 Å². The standard InChI is InChI=1S/C16H15N3O6/c1-23-13-8-4-7-12(14(13)24-2)16(20)25-18-15(17)10-5-3-6-11(9-10)19(21)22/h3-9H,1-2H3,(H2,17,18). The maximum Gasteiger partial charge on any atom is 0.369 e. The highest BCUT2D eigenvalue weighted by atomic mass is 16.7. The molecule has 0 atom stereocenters. The molecular formula is C16H15N3O6. The first-order valence-corrected chi connectivity index (χ1v) is 6.98. The quantitative estimate of drug-likeness (QED) is 0.279. The van der Waals surface area contributed by atoms with Gasteiger partial charge in [-0.1, -0.05) is 23.4 Å². The molecule has 0 saturated heterocycles. The summed E-state index contributed by atoms with van der Waals surface area (Å²) in [6.07, 6.45) is 0. The molecule has 0 amide bonds. The zero-order valence-electron chi connectivity index (χ0n) is 13.5. The molecule has 2 rings (SSSR count). The highest BCUT2D eigenvalue weighted by Crippen LogP contribution is 2.31. The monoisotopic (exact) mass is 345 g/mol. The lowest BCUT2D eigenvalue weighted by Crippen LogP contribution is -2.15. The summed E-state index contributed by atoms with van der Waals surface area (Å²) < 4.78 is 10.2. The number of carbonyl (C=O) groups is 1. The maximum atomic E-state index is 12.2. The summed E-state index contributed by atoms with van der Waals surface area (Å²) in [4.78, 5) is 27.2. The van der Waals surface area contributed by atoms with E-state index in [9.17, 15) is 14.9 Å². The van der Waals surface area contributed by atoms with Gasteiger partial charge in [-0.15, -0.1) is 0 Å². The zero-order valence-corrected chi connectivity index (χ0v) is 13.5. The number of methoxy groups -OCH3 is 2. The molecule has 0 saturated carbocycles. The van der Waals surface area contributed by atoms with Gasteiger partial charge in [0.25, 0.3) is 5.69 Å². The number of nitro benzene ring substituents is 1. The number of oxime groups is 1. The van der Waals surface area contributed by atoms with Gasteiger partial charge in [0, 0.05) is 17.7 Å². The molecule has 0 heterocycles. The Morgan fingerprint density at radius 3 is 2.52 bits per heavy atom. The van der Waals surface area contributed by atoms with Gasteiger partial charge in [0.15, 0.2) is 17.3 Å². The molecule has 0 aliphatic heterocycles. The van der Waals surface area contributed by atoms with Gasteiger partial charge in [-0.3, -0.25) is 10.1 Å². The lowest BCUT2D eigenvalue weighted by molar-refractivity contribution is -0.384. The molecule has 0 spiro atoms. The molecule has 25 heavy (non-hydrogen) atoms. The Balaban J connectivity index is 2.23. The van der Waals surface area contributed by atoms with E-state index in [0.717, 1.165) is 0 Å². The maximum absolute atomic E-state index is 12.2. The molecule has 0 radical (unpaired) electrons. The number of ether oxygens (including phenoxy) is 2. The van der Waals surface area contributed by atoms with Crippen LogP contribution in [-0.4, -0.2) is 30.9 Å². The van der Waals surface area contributed by atoms with Crippen LogP contribution in [0.5, 0.6) is 11.5 Å². The summed E-state index contributed by atoms with van der Waals surface area (Å²) in [7, 11) is 2.82. The van der Waals surface area contributed by atoms with E-state index in [0.29, 0.717) is 5.75 Å². The lowest BCUT2D eigenvalue weighted by Gasteiger charge is -2.10. The van der Waals surface area contributed by atoms with Crippen LogP contribution in [0.2, 0.25) is 0 Å². The van der Waals surface area contributed by atoms with Crippen molar-refractivity contribution in [3.05, 3.63) is 63.7 Å². The summed E-state index contributed by atoms with van der Waals surface area (Å²) in [5, 5.41) is 14.3. The zero-order chi connectivity index (χ0) is 18.4. The van der Waals surface area contributed by atoms with Gasteiger partial charge in [0.2, 0.25) is 0 Å². The number of rotatable bonds is 6. The smallest absolute Gasteiger partial charge is 0.369 e. The van der Waals surface area contributed by atoms with Gasteiger partial charge in [0.1, 0.15) is 5.56 Å². The minimum atomic E-state index is -0.816. The molecule has 9 heteroatoms. The highest BCUT2D eigenvalue weighted by Gasteiger charge is 2.18. The molecule has 0 aliphatic rings. The molecule has 0 aliphatic carbocycles. The number of carbonyl (C=O) groups excluding carboxylic acids is 1. The third kappa shape index (κ3) is 4.02. The van der Waals surface area contributed by atoms with Crippen molar-refractivity contribution in [3.63, 3.8) is 0 Å². The molecule has 0 bridgehead atoms. The van der Waals surface area contributed by atoms with Crippen LogP contribution in [0.25, 0.3) is 0 Å². The lowest BCUT2D eigenvalue weighted by atomic mass is 10.2. The van der Waals surface area contributed by atoms with Crippen molar-refractivity contribution < 1.29 is 24.0 Å². The molecule has 0 fully saturated rings. The Morgan fingerprint density at radius 1 is 1.16 bits per heavy atom. The molecule has 2 aromatic carbocycles. The Morgan fingerprint density at radius 2 is 1.88 bits per heavy atom. The fourth-order valence-corrected chi connectivity index (χ4v) is 2.02. The first kappa shape index (κ1) is 17.7. The number of nitro groups is 1. The second-order valence-corrected chi connectivity index (χ2v) is 4.70. The third-order valence-corrected chi connectivity index (χ3v) is 3.20. The van der Waals surface area contributed by atoms with E-state index in [-0.39, 0.29) is 28.4 Å². The summed E-state index contributed by atoms with van der Waals surface area (Å²) in [6, 6.07) is 10.2. The second kappa shape index (κ2) is 7.77. The van der Waals surface area contributed by atoms with Gasteiger partial charge < -0.3 is 20.0 Å². The Labute approximate surface area is 142 Å². The number of benzene rings is 2. The van der Waals surface area contributed by atoms with Gasteiger partial charge in [-0.2, -0.15) is 0 Å². The van der Waals surface area contributed by atoms with E-state index < -0.39 is 10.9 Å². The van der Waals surface area contributed by atoms with Crippen LogP contribution < -0.4 is 15.2 Å². The van der Waals surface area contributed by atoms with Crippen LogP contribution in [-0.2, 0) is 4.84 Å². The van der Waals surface area contributed by atoms with Crippen molar-refractivity contribution in [1.29, 1.82) is 0 Å². The molecule has 9 nitrogen and oxygen atoms in total. The normalized spacial score (nSPS) is 10.9. The van der Waals surface area contributed by atoms with E-state index in [1.54, 1.807) is 12.1 Å². The van der Waals surface area contributed by atoms with E-state index in [1.807, 2.05) is 0 Å². The number of hydrogen-bond acceptors (Lipinski definition) is 7. The van der Waals surface area contributed by atoms with Crippen LogP contribution >= 0.6 is 0 Å². The summed E-state index contributed by atoms with van der Waals surface area (Å²) >= 11 is 0. The second-order valence-electron chi connectivity index (χ2n) is 4.70. The number of nitrogens with zero attached hydrogens (tertiary/aromatic N) is 2. The first-order valence-electron chi connectivity index (χ1n) is 6.98. The fraction of sp³-hybridized carbons (Fsp3) is 0.125. The van der Waals surface area contributed by atoms with Crippen LogP contribution in [0.3, 0.4) is 0 Å². The van der Waals surface area contributed by atoms with Crippen LogP contribution in [0.4, 0.5) is 5.69 Å². The first-order chi connectivity index (χ1) is 12.0. The average Bonchev–Trinajstić information content (AvgIpc) is 2.64. The Bertz CT molecular complexity index is 834. The van der Waals surface area contributed by atoms with Crippen molar-refractivity contribution >= 4 is 17.5 Å². The van der Waals surface area contributed by atoms with E-state index in [1.165, 1.54) is 44.6 Å². The van der Waals surface area contributed by atoms with Crippen molar-refractivity contribution in [2.45, 2.75) is 0 Å². The molecule has 130 valence electrons. The average molecular weight is 345 g/mol. The Kier molecular flexibility index (Phi) is 5.51. The topological polar surface area (TPSA) is 126 Å². The predicted molar refractivity (Wildman–Crippen MR) is 88.8 cm³/mol. The van der Waals surface area contributed by atoms with Crippen molar-refractivity contribution in [3.8, 4) is 11.5 Å². The van der Waals surface area contributed by atoms with Gasteiger partial charge >= 0.3 is 5.97 Å². The van der Waals surface area contributed by atoms with Crippen molar-refractivity contribution in [2.75, 3.05) is 14.2 Å². The van der Waals surface area contributed by atoms with Gasteiger partial charge in [-0.25, -0.2) is 4.79 Å². The number of non-ortho nitro benzene ring substituents is 1. The van der Waals surface area contributed by atoms with Crippen LogP contribution in [0, 0.1) is 10.1 Å². The highest BCUT2D eigenvalue weighted by molar-refractivity contribution is 5.99. The minimum Gasteiger partial charge on any atom is -0.493 e. The van der Waals surface area contributed by atoms with E-state index in [2.05, 4.69) is 5.16 Å². The minimum absolute atomic E-state index is 0.0949. The number of hydrogen-bond donors (Lipinski definition) is 1. The SMILES string of the molecule is COc1cccc(C(=O)O/N=C(\N)c2cccc([N+](=O)[O-])c2)c1OC. The molecule has 0 aromatic heterocycles. The van der Waals surface area contributed by atoms with Gasteiger partial charge in [0.05, 0.1) is 19.1 Å². The summed E-state index contributed by atoms with van der Waals surface area (Å²) in [5.74, 6) is -0.449. The number of para-hydroxylation sites is 1. The fourth-order valence-electron chi connectivity index (χ4n) is 2.02. The number of nitrogens with two attached hydrogens (primary N) is 1. The molecule has 2 N–H and O–H groups in total. The van der Waals surface area contributed by atoms with Crippen molar-refractivity contribution in [2.24, 2.45) is 10.9 Å². The van der Waals surface area contributed by atoms with Crippen molar-refractivity contribution in [1.82, 2.24) is 0 Å². The third-order valence-electron chi connectivity index (χ3n) is 3.20. The predicted octanol–water partition coefficient (Wildman–Crippen LogP) is 2.09. The molecular weight excluding hydrogens is 330 g/mol. The van der Waals surface area contributed by atoms with Gasteiger partial charge in [-0.05, 0) is 12.1 Å². The number of amidine groups is 1.